The average Bonchev–Trinajstić information content (AvgIpc) is 3.27. The number of rotatable bonds is 9. The number of ketones is 1. The summed E-state index contributed by atoms with van der Waals surface area (Å²) in [6, 6.07) is 3.86. The number of amides is 1. The summed E-state index contributed by atoms with van der Waals surface area (Å²) in [5.41, 5.74) is -1.12. The summed E-state index contributed by atoms with van der Waals surface area (Å²) < 4.78 is 28.2. The number of methoxy groups -OCH3 is 1. The van der Waals surface area contributed by atoms with Crippen LogP contribution in [-0.2, 0) is 4.74 Å². The van der Waals surface area contributed by atoms with Crippen molar-refractivity contribution in [1.29, 1.82) is 0 Å². The number of aryl methyl sites for hydroxylation is 1. The van der Waals surface area contributed by atoms with Crippen LogP contribution in [0.3, 0.4) is 0 Å². The van der Waals surface area contributed by atoms with Gasteiger partial charge in [0.1, 0.15) is 33.8 Å². The van der Waals surface area contributed by atoms with Crippen LogP contribution in [0.15, 0.2) is 39.7 Å². The van der Waals surface area contributed by atoms with Crippen LogP contribution in [0.2, 0.25) is 15.2 Å². The van der Waals surface area contributed by atoms with E-state index in [9.17, 15) is 23.9 Å². The number of nitrogens with zero attached hydrogens (tertiary/aromatic N) is 1. The number of aromatic hydroxyl groups is 1. The monoisotopic (exact) mass is 664 g/mol. The molecule has 1 unspecified atom stereocenters. The minimum Gasteiger partial charge on any atom is -0.507 e. The van der Waals surface area contributed by atoms with E-state index in [-0.39, 0.29) is 39.4 Å². The molecule has 0 saturated carbocycles. The molecule has 3 aromatic rings. The van der Waals surface area contributed by atoms with Crippen molar-refractivity contribution >= 4 is 58.0 Å². The van der Waals surface area contributed by atoms with Crippen molar-refractivity contribution in [3.05, 3.63) is 78.1 Å². The number of hydrogen-bond acceptors (Lipinski definition) is 9. The number of halogens is 4. The molecule has 0 spiro atoms. The zero-order chi connectivity index (χ0) is 32.0. The Morgan fingerprint density at radius 3 is 2.43 bits per heavy atom. The van der Waals surface area contributed by atoms with E-state index in [0.717, 1.165) is 10.9 Å². The van der Waals surface area contributed by atoms with E-state index >= 15 is 0 Å². The molecule has 230 valence electrons. The maximum atomic E-state index is 13.3. The summed E-state index contributed by atoms with van der Waals surface area (Å²) in [6.07, 6.45) is 4.01. The Balaban J connectivity index is 0.000000411. The van der Waals surface area contributed by atoms with Crippen LogP contribution in [0, 0.1) is 12.7 Å². The van der Waals surface area contributed by atoms with Gasteiger partial charge >= 0.3 is 11.7 Å². The number of nitrogens with one attached hydrogen (secondary N) is 1. The summed E-state index contributed by atoms with van der Waals surface area (Å²) in [5, 5.41) is 12.9. The highest BCUT2D eigenvalue weighted by molar-refractivity contribution is 7.13. The molecule has 1 amide bonds. The number of Topliss-reactive ketones (excluding diaryl/α,β-unsaturated/α-hetero) is 1. The number of aromatic nitrogens is 1. The first-order valence-electron chi connectivity index (χ1n) is 12.7. The standard InChI is InChI=1S/C16H21NO6.C10H5Cl3FNOS.C2H6/c1-4-11(18)14-12(19)9-13(23-15(14)20)10(2)7-5-6-8-17-16(21)22-3;1-4-9(13)15-10(17-4)16-5-2-6(11)8(12)7(14)3-5;1-2/h6,8-10,19H,4-5,7H2,1-3H3,(H,17,21);2-3H,1H3;1-2H3/b8-6+;;. The van der Waals surface area contributed by atoms with Crippen molar-refractivity contribution in [2.75, 3.05) is 7.11 Å². The van der Waals surface area contributed by atoms with E-state index in [1.54, 1.807) is 13.0 Å². The number of benzene rings is 1. The van der Waals surface area contributed by atoms with E-state index in [1.807, 2.05) is 27.7 Å². The quantitative estimate of drug-likeness (QED) is 0.171. The Morgan fingerprint density at radius 1 is 1.24 bits per heavy atom. The smallest absolute Gasteiger partial charge is 0.410 e. The van der Waals surface area contributed by atoms with E-state index in [2.05, 4.69) is 15.0 Å². The average molecular weight is 666 g/mol. The van der Waals surface area contributed by atoms with Crippen molar-refractivity contribution < 1.29 is 33.0 Å². The van der Waals surface area contributed by atoms with Gasteiger partial charge in [-0.2, -0.15) is 4.98 Å². The molecule has 1 aromatic carbocycles. The van der Waals surface area contributed by atoms with E-state index in [0.29, 0.717) is 28.9 Å². The second-order valence-corrected chi connectivity index (χ2v) is 10.4. The van der Waals surface area contributed by atoms with Crippen LogP contribution >= 0.6 is 46.1 Å². The molecule has 0 aliphatic rings. The molecule has 3 rings (SSSR count). The van der Waals surface area contributed by atoms with Crippen LogP contribution in [0.5, 0.6) is 16.7 Å². The van der Waals surface area contributed by atoms with Gasteiger partial charge in [0.15, 0.2) is 5.78 Å². The predicted octanol–water partition coefficient (Wildman–Crippen LogP) is 9.06. The molecule has 2 N–H and O–H groups in total. The molecule has 0 radical (unpaired) electrons. The molecule has 9 nitrogen and oxygen atoms in total. The summed E-state index contributed by atoms with van der Waals surface area (Å²) in [7, 11) is 1.27. The van der Waals surface area contributed by atoms with Gasteiger partial charge in [-0.1, -0.05) is 79.9 Å². The molecule has 1 atom stereocenters. The van der Waals surface area contributed by atoms with Crippen LogP contribution in [-0.4, -0.2) is 29.1 Å². The van der Waals surface area contributed by atoms with Gasteiger partial charge in [0.2, 0.25) is 0 Å². The van der Waals surface area contributed by atoms with E-state index in [1.165, 1.54) is 36.8 Å². The van der Waals surface area contributed by atoms with Crippen molar-refractivity contribution in [2.45, 2.75) is 59.8 Å². The molecule has 0 bridgehead atoms. The molecule has 14 heteroatoms. The largest absolute Gasteiger partial charge is 0.507 e. The molecule has 2 aromatic heterocycles. The number of allylic oxidation sites excluding steroid dienone is 1. The fraction of sp³-hybridized carbons (Fsp3) is 0.357. The number of carbonyl (C=O) groups is 2. The first-order chi connectivity index (χ1) is 19.9. The molecule has 2 heterocycles. The van der Waals surface area contributed by atoms with Crippen molar-refractivity contribution in [3.63, 3.8) is 0 Å². The number of thiazole rings is 1. The lowest BCUT2D eigenvalue weighted by Gasteiger charge is -2.10. The van der Waals surface area contributed by atoms with Crippen molar-refractivity contribution in [3.8, 4) is 16.7 Å². The van der Waals surface area contributed by atoms with E-state index < -0.39 is 23.3 Å². The maximum Gasteiger partial charge on any atom is 0.410 e. The number of ether oxygens (including phenoxy) is 2. The van der Waals surface area contributed by atoms with Gasteiger partial charge in [0.25, 0.3) is 5.19 Å². The molecular formula is C28H32Cl3FN2O7S. The summed E-state index contributed by atoms with van der Waals surface area (Å²) in [4.78, 5) is 39.0. The van der Waals surface area contributed by atoms with Gasteiger partial charge in [0.05, 0.1) is 17.2 Å². The lowest BCUT2D eigenvalue weighted by atomic mass is 10.0. The zero-order valence-corrected chi connectivity index (χ0v) is 26.9. The third-order valence-electron chi connectivity index (χ3n) is 5.19. The Bertz CT molecular complexity index is 1400. The Morgan fingerprint density at radius 2 is 1.90 bits per heavy atom. The third-order valence-corrected chi connectivity index (χ3v) is 7.30. The van der Waals surface area contributed by atoms with Gasteiger partial charge in [-0.15, -0.1) is 0 Å². The highest BCUT2D eigenvalue weighted by atomic mass is 35.5. The highest BCUT2D eigenvalue weighted by Crippen LogP contribution is 2.35. The second-order valence-electron chi connectivity index (χ2n) is 8.12. The lowest BCUT2D eigenvalue weighted by molar-refractivity contribution is 0.0980. The third kappa shape index (κ3) is 11.3. The Kier molecular flexibility index (Phi) is 16.2. The Hall–Kier alpha value is -3.12. The van der Waals surface area contributed by atoms with Gasteiger partial charge in [-0.3, -0.25) is 10.1 Å². The Labute approximate surface area is 262 Å². The summed E-state index contributed by atoms with van der Waals surface area (Å²) >= 11 is 18.4. The fourth-order valence-corrected chi connectivity index (χ4v) is 4.24. The van der Waals surface area contributed by atoms with Crippen molar-refractivity contribution in [1.82, 2.24) is 10.3 Å². The van der Waals surface area contributed by atoms with Crippen LogP contribution in [0.4, 0.5) is 9.18 Å². The fourth-order valence-electron chi connectivity index (χ4n) is 3.02. The molecular weight excluding hydrogens is 634 g/mol. The highest BCUT2D eigenvalue weighted by Gasteiger charge is 2.19. The first kappa shape index (κ1) is 36.9. The normalized spacial score (nSPS) is 11.1. The number of hydrogen-bond donors (Lipinski definition) is 2. The van der Waals surface area contributed by atoms with Gasteiger partial charge < -0.3 is 19.0 Å². The number of alkyl carbamates (subject to hydrolysis) is 1. The molecule has 0 saturated heterocycles. The summed E-state index contributed by atoms with van der Waals surface area (Å²) in [6.45, 7) is 9.25. The minimum absolute atomic E-state index is 0.0843. The summed E-state index contributed by atoms with van der Waals surface area (Å²) in [5.74, 6) is -1.04. The van der Waals surface area contributed by atoms with Crippen LogP contribution < -0.4 is 15.7 Å². The van der Waals surface area contributed by atoms with Crippen LogP contribution in [0.25, 0.3) is 0 Å². The molecule has 0 aliphatic heterocycles. The van der Waals surface area contributed by atoms with E-state index in [4.69, 9.17) is 44.0 Å². The molecule has 42 heavy (non-hydrogen) atoms. The zero-order valence-electron chi connectivity index (χ0n) is 23.8. The molecule has 0 fully saturated rings. The molecule has 0 aliphatic carbocycles. The maximum absolute atomic E-state index is 13.3. The lowest BCUT2D eigenvalue weighted by Crippen LogP contribution is -2.16. The van der Waals surface area contributed by atoms with Crippen LogP contribution in [0.1, 0.15) is 73.9 Å². The minimum atomic E-state index is -0.818. The topological polar surface area (TPSA) is 128 Å². The van der Waals surface area contributed by atoms with Gasteiger partial charge in [-0.05, 0) is 19.8 Å². The second kappa shape index (κ2) is 18.4. The number of carbonyl (C=O) groups excluding carboxylic acids is 2. The van der Waals surface area contributed by atoms with Gasteiger partial charge in [0, 0.05) is 41.6 Å². The SMILES string of the molecule is CC.CCC(=O)c1c(O)cc(C(C)CC/C=C/NC(=O)OC)oc1=O.Cc1sc(Oc2cc(F)c(Cl)c(Cl)c2)nc1Cl. The van der Waals surface area contributed by atoms with Gasteiger partial charge in [-0.25, -0.2) is 14.0 Å². The van der Waals surface area contributed by atoms with Crippen molar-refractivity contribution in [2.24, 2.45) is 0 Å². The predicted molar refractivity (Wildman–Crippen MR) is 163 cm³/mol. The first-order valence-corrected chi connectivity index (χ1v) is 14.7.